The number of aryl methyl sites for hydroxylation is 2. The lowest BCUT2D eigenvalue weighted by atomic mass is 10.1. The van der Waals surface area contributed by atoms with Gasteiger partial charge < -0.3 is 10.1 Å². The van der Waals surface area contributed by atoms with Crippen molar-refractivity contribution in [2.75, 3.05) is 13.2 Å². The number of rotatable bonds is 4. The Morgan fingerprint density at radius 3 is 3.18 bits per heavy atom. The minimum absolute atomic E-state index is 0.599. The smallest absolute Gasteiger partial charge is 0.0666 e. The molecule has 0 bridgehead atoms. The minimum atomic E-state index is 0.599. The summed E-state index contributed by atoms with van der Waals surface area (Å²) in [6, 6.07) is 0.599. The van der Waals surface area contributed by atoms with Gasteiger partial charge in [0.2, 0.25) is 0 Å². The Balaban J connectivity index is 1.87. The van der Waals surface area contributed by atoms with Crippen molar-refractivity contribution in [3.63, 3.8) is 0 Å². The van der Waals surface area contributed by atoms with Gasteiger partial charge in [0.1, 0.15) is 0 Å². The Morgan fingerprint density at radius 1 is 1.47 bits per heavy atom. The number of ether oxygens (including phenoxy) is 1. The van der Waals surface area contributed by atoms with Crippen molar-refractivity contribution >= 4 is 0 Å². The van der Waals surface area contributed by atoms with Crippen LogP contribution < -0.4 is 5.32 Å². The summed E-state index contributed by atoms with van der Waals surface area (Å²) in [5.41, 5.74) is 2.55. The quantitative estimate of drug-likeness (QED) is 0.865. The van der Waals surface area contributed by atoms with Crippen LogP contribution in [0.2, 0.25) is 0 Å². The highest BCUT2D eigenvalue weighted by atomic mass is 16.5. The van der Waals surface area contributed by atoms with E-state index in [2.05, 4.69) is 23.5 Å². The first-order chi connectivity index (χ1) is 8.29. The predicted octanol–water partition coefficient (Wildman–Crippen LogP) is 1.64. The van der Waals surface area contributed by atoms with Crippen LogP contribution in [0.3, 0.4) is 0 Å². The van der Waals surface area contributed by atoms with Crippen molar-refractivity contribution < 1.29 is 4.74 Å². The first-order valence-corrected chi connectivity index (χ1v) is 6.62. The number of hydrogen-bond acceptors (Lipinski definition) is 3. The maximum absolute atomic E-state index is 5.47. The summed E-state index contributed by atoms with van der Waals surface area (Å²) in [4.78, 5) is 0. The third-order valence-corrected chi connectivity index (χ3v) is 3.36. The Bertz CT molecular complexity index is 340. The molecule has 0 radical (unpaired) electrons. The molecular formula is C13H23N3O. The predicted molar refractivity (Wildman–Crippen MR) is 67.9 cm³/mol. The van der Waals surface area contributed by atoms with Crippen LogP contribution in [0.25, 0.3) is 0 Å². The molecule has 1 atom stereocenters. The lowest BCUT2D eigenvalue weighted by molar-refractivity contribution is 0.142. The van der Waals surface area contributed by atoms with Crippen molar-refractivity contribution in [3.8, 4) is 0 Å². The molecule has 0 aromatic carbocycles. The molecule has 1 aliphatic rings. The molecule has 1 unspecified atom stereocenters. The number of nitrogens with one attached hydrogen (secondary N) is 1. The van der Waals surface area contributed by atoms with Gasteiger partial charge in [-0.15, -0.1) is 0 Å². The van der Waals surface area contributed by atoms with Gasteiger partial charge in [0, 0.05) is 44.6 Å². The highest BCUT2D eigenvalue weighted by molar-refractivity contribution is 5.16. The van der Waals surface area contributed by atoms with E-state index in [1.165, 1.54) is 24.1 Å². The van der Waals surface area contributed by atoms with Gasteiger partial charge in [-0.05, 0) is 25.7 Å². The van der Waals surface area contributed by atoms with Crippen LogP contribution in [0.15, 0.2) is 6.20 Å². The molecule has 2 heterocycles. The van der Waals surface area contributed by atoms with E-state index in [1.807, 2.05) is 11.7 Å². The van der Waals surface area contributed by atoms with Crippen molar-refractivity contribution in [2.24, 2.45) is 7.05 Å². The molecule has 0 spiro atoms. The summed E-state index contributed by atoms with van der Waals surface area (Å²) in [5.74, 6) is 0. The van der Waals surface area contributed by atoms with E-state index in [1.54, 1.807) is 0 Å². The summed E-state index contributed by atoms with van der Waals surface area (Å²) >= 11 is 0. The van der Waals surface area contributed by atoms with Crippen molar-refractivity contribution in [1.82, 2.24) is 15.1 Å². The molecular weight excluding hydrogens is 214 g/mol. The lowest BCUT2D eigenvalue weighted by Crippen LogP contribution is -2.28. The van der Waals surface area contributed by atoms with Crippen LogP contribution in [-0.4, -0.2) is 29.0 Å². The Morgan fingerprint density at radius 2 is 2.35 bits per heavy atom. The molecule has 1 aromatic heterocycles. The summed E-state index contributed by atoms with van der Waals surface area (Å²) < 4.78 is 7.38. The zero-order valence-electron chi connectivity index (χ0n) is 10.9. The molecule has 4 nitrogen and oxygen atoms in total. The molecule has 4 heteroatoms. The first kappa shape index (κ1) is 12.6. The zero-order chi connectivity index (χ0) is 12.1. The Hall–Kier alpha value is -0.870. The van der Waals surface area contributed by atoms with Gasteiger partial charge in [-0.2, -0.15) is 5.10 Å². The second kappa shape index (κ2) is 6.17. The van der Waals surface area contributed by atoms with Crippen LogP contribution in [0.4, 0.5) is 0 Å². The Kier molecular flexibility index (Phi) is 4.57. The average Bonchev–Trinajstić information content (AvgIpc) is 2.54. The van der Waals surface area contributed by atoms with Gasteiger partial charge in [-0.25, -0.2) is 0 Å². The fourth-order valence-corrected chi connectivity index (χ4v) is 2.39. The lowest BCUT2D eigenvalue weighted by Gasteiger charge is -2.15. The number of hydrogen-bond donors (Lipinski definition) is 1. The molecule has 0 aliphatic carbocycles. The van der Waals surface area contributed by atoms with Gasteiger partial charge >= 0.3 is 0 Å². The molecule has 1 aromatic rings. The van der Waals surface area contributed by atoms with Gasteiger partial charge in [-0.1, -0.05) is 6.92 Å². The molecule has 1 N–H and O–H groups in total. The number of nitrogens with zero attached hydrogens (tertiary/aromatic N) is 2. The third kappa shape index (κ3) is 3.54. The van der Waals surface area contributed by atoms with Crippen LogP contribution in [0.5, 0.6) is 0 Å². The first-order valence-electron chi connectivity index (χ1n) is 6.62. The van der Waals surface area contributed by atoms with Crippen LogP contribution >= 0.6 is 0 Å². The molecule has 96 valence electrons. The average molecular weight is 237 g/mol. The van der Waals surface area contributed by atoms with E-state index in [0.717, 1.165) is 32.6 Å². The van der Waals surface area contributed by atoms with E-state index >= 15 is 0 Å². The zero-order valence-corrected chi connectivity index (χ0v) is 10.9. The molecule has 17 heavy (non-hydrogen) atoms. The van der Waals surface area contributed by atoms with Crippen LogP contribution in [-0.2, 0) is 24.8 Å². The second-order valence-corrected chi connectivity index (χ2v) is 4.75. The molecule has 2 rings (SSSR count). The fraction of sp³-hybridized carbons (Fsp3) is 0.769. The third-order valence-electron chi connectivity index (χ3n) is 3.36. The minimum Gasteiger partial charge on any atom is -0.381 e. The molecule has 1 aliphatic heterocycles. The van der Waals surface area contributed by atoms with E-state index in [9.17, 15) is 0 Å². The standard InChI is InChI=1S/C13H23N3O/c1-3-13-11(10-16(2)15-13)9-14-12-5-4-7-17-8-6-12/h10,12,14H,3-9H2,1-2H3. The summed E-state index contributed by atoms with van der Waals surface area (Å²) in [6.07, 6.45) is 6.65. The van der Waals surface area contributed by atoms with Crippen molar-refractivity contribution in [2.45, 2.75) is 45.2 Å². The highest BCUT2D eigenvalue weighted by Gasteiger charge is 2.13. The van der Waals surface area contributed by atoms with Gasteiger partial charge in [0.05, 0.1) is 5.69 Å². The topological polar surface area (TPSA) is 39.1 Å². The van der Waals surface area contributed by atoms with E-state index < -0.39 is 0 Å². The maximum atomic E-state index is 5.47. The molecule has 0 saturated carbocycles. The summed E-state index contributed by atoms with van der Waals surface area (Å²) in [7, 11) is 1.99. The van der Waals surface area contributed by atoms with Gasteiger partial charge in [0.15, 0.2) is 0 Å². The number of aromatic nitrogens is 2. The van der Waals surface area contributed by atoms with E-state index in [-0.39, 0.29) is 0 Å². The summed E-state index contributed by atoms with van der Waals surface area (Å²) in [5, 5.41) is 8.10. The van der Waals surface area contributed by atoms with Crippen LogP contribution in [0, 0.1) is 0 Å². The normalized spacial score (nSPS) is 21.4. The maximum Gasteiger partial charge on any atom is 0.0666 e. The van der Waals surface area contributed by atoms with Crippen LogP contribution in [0.1, 0.15) is 37.4 Å². The summed E-state index contributed by atoms with van der Waals surface area (Å²) in [6.45, 7) is 4.91. The van der Waals surface area contributed by atoms with Crippen molar-refractivity contribution in [1.29, 1.82) is 0 Å². The molecule has 0 amide bonds. The monoisotopic (exact) mass is 237 g/mol. The SMILES string of the molecule is CCc1nn(C)cc1CNC1CCCOCC1. The van der Waals surface area contributed by atoms with E-state index in [0.29, 0.717) is 6.04 Å². The largest absolute Gasteiger partial charge is 0.381 e. The second-order valence-electron chi connectivity index (χ2n) is 4.75. The fourth-order valence-electron chi connectivity index (χ4n) is 2.39. The Labute approximate surface area is 103 Å². The van der Waals surface area contributed by atoms with Gasteiger partial charge in [-0.3, -0.25) is 4.68 Å². The van der Waals surface area contributed by atoms with E-state index in [4.69, 9.17) is 4.74 Å². The molecule has 1 saturated heterocycles. The van der Waals surface area contributed by atoms with Gasteiger partial charge in [0.25, 0.3) is 0 Å². The highest BCUT2D eigenvalue weighted by Crippen LogP contribution is 2.11. The molecule has 1 fully saturated rings. The van der Waals surface area contributed by atoms with Crippen molar-refractivity contribution in [3.05, 3.63) is 17.5 Å².